The predicted molar refractivity (Wildman–Crippen MR) is 47.5 cm³/mol. The first-order valence-corrected chi connectivity index (χ1v) is 3.96. The molecule has 0 atom stereocenters. The van der Waals surface area contributed by atoms with Crippen LogP contribution in [0.2, 0.25) is 0 Å². The fourth-order valence-corrected chi connectivity index (χ4v) is 0.859. The number of rotatable bonds is 1. The highest BCUT2D eigenvalue weighted by atomic mass is 19.1. The summed E-state index contributed by atoms with van der Waals surface area (Å²) in [5, 5.41) is 8.48. The van der Waals surface area contributed by atoms with Gasteiger partial charge in [-0.25, -0.2) is 4.98 Å². The Balaban J connectivity index is 2.91. The summed E-state index contributed by atoms with van der Waals surface area (Å²) < 4.78 is 12.9. The SMILES string of the molecule is Cc1c(C#CCCO)ccnc1F. The van der Waals surface area contributed by atoms with Crippen LogP contribution in [-0.2, 0) is 0 Å². The summed E-state index contributed by atoms with van der Waals surface area (Å²) in [6.45, 7) is 1.66. The Bertz CT molecular complexity index is 352. The maximum atomic E-state index is 12.9. The average Bonchev–Trinajstić information content (AvgIpc) is 2.13. The minimum absolute atomic E-state index is 0.0274. The lowest BCUT2D eigenvalue weighted by Gasteiger charge is -1.96. The van der Waals surface area contributed by atoms with E-state index in [1.807, 2.05) is 0 Å². The van der Waals surface area contributed by atoms with E-state index in [2.05, 4.69) is 16.8 Å². The summed E-state index contributed by atoms with van der Waals surface area (Å²) in [4.78, 5) is 3.48. The number of aliphatic hydroxyl groups is 1. The quantitative estimate of drug-likeness (QED) is 0.520. The standard InChI is InChI=1S/C10H10FNO/c1-8-9(4-2-3-7-13)5-6-12-10(8)11/h5-6,13H,3,7H2,1H3. The second-order valence-electron chi connectivity index (χ2n) is 2.55. The molecule has 0 aliphatic rings. The maximum absolute atomic E-state index is 12.9. The van der Waals surface area contributed by atoms with Crippen molar-refractivity contribution in [3.63, 3.8) is 0 Å². The summed E-state index contributed by atoms with van der Waals surface area (Å²) >= 11 is 0. The first kappa shape index (κ1) is 9.69. The third-order valence-corrected chi connectivity index (χ3v) is 1.60. The highest BCUT2D eigenvalue weighted by Gasteiger charge is 2.00. The zero-order chi connectivity index (χ0) is 9.68. The van der Waals surface area contributed by atoms with Gasteiger partial charge in [0.05, 0.1) is 6.61 Å². The van der Waals surface area contributed by atoms with E-state index in [1.54, 1.807) is 13.0 Å². The van der Waals surface area contributed by atoms with Gasteiger partial charge in [-0.15, -0.1) is 0 Å². The van der Waals surface area contributed by atoms with Gasteiger partial charge in [-0.1, -0.05) is 11.8 Å². The van der Waals surface area contributed by atoms with Crippen molar-refractivity contribution in [2.45, 2.75) is 13.3 Å². The molecule has 0 bridgehead atoms. The van der Waals surface area contributed by atoms with Crippen molar-refractivity contribution < 1.29 is 9.50 Å². The molecule has 0 unspecified atom stereocenters. The Labute approximate surface area is 76.4 Å². The molecule has 0 aliphatic carbocycles. The van der Waals surface area contributed by atoms with E-state index < -0.39 is 5.95 Å². The molecule has 0 fully saturated rings. The van der Waals surface area contributed by atoms with Gasteiger partial charge in [0.1, 0.15) is 0 Å². The predicted octanol–water partition coefficient (Wildman–Crippen LogP) is 1.26. The van der Waals surface area contributed by atoms with Gasteiger partial charge in [0.25, 0.3) is 0 Å². The minimum Gasteiger partial charge on any atom is -0.395 e. The van der Waals surface area contributed by atoms with Crippen molar-refractivity contribution >= 4 is 0 Å². The summed E-state index contributed by atoms with van der Waals surface area (Å²) in [5.74, 6) is 5.00. The lowest BCUT2D eigenvalue weighted by atomic mass is 10.1. The number of nitrogens with zero attached hydrogens (tertiary/aromatic N) is 1. The molecule has 0 aromatic carbocycles. The van der Waals surface area contributed by atoms with Crippen LogP contribution in [0.1, 0.15) is 17.5 Å². The van der Waals surface area contributed by atoms with E-state index >= 15 is 0 Å². The van der Waals surface area contributed by atoms with Crippen LogP contribution < -0.4 is 0 Å². The van der Waals surface area contributed by atoms with Gasteiger partial charge in [-0.2, -0.15) is 4.39 Å². The lowest BCUT2D eigenvalue weighted by Crippen LogP contribution is -1.91. The topological polar surface area (TPSA) is 33.1 Å². The third kappa shape index (κ3) is 2.53. The van der Waals surface area contributed by atoms with Gasteiger partial charge in [-0.3, -0.25) is 0 Å². The molecule has 1 rings (SSSR count). The number of hydrogen-bond acceptors (Lipinski definition) is 2. The lowest BCUT2D eigenvalue weighted by molar-refractivity contribution is 0.305. The van der Waals surface area contributed by atoms with Gasteiger partial charge >= 0.3 is 0 Å². The molecule has 1 heterocycles. The van der Waals surface area contributed by atoms with Crippen molar-refractivity contribution in [1.82, 2.24) is 4.98 Å². The Kier molecular flexibility index (Phi) is 3.41. The molecular weight excluding hydrogens is 169 g/mol. The zero-order valence-electron chi connectivity index (χ0n) is 7.34. The second kappa shape index (κ2) is 4.58. The summed E-state index contributed by atoms with van der Waals surface area (Å²) in [6, 6.07) is 1.66. The molecule has 1 aromatic heterocycles. The normalized spacial score (nSPS) is 9.15. The smallest absolute Gasteiger partial charge is 0.216 e. The molecular formula is C10H10FNO. The molecule has 2 nitrogen and oxygen atoms in total. The number of aromatic nitrogens is 1. The second-order valence-corrected chi connectivity index (χ2v) is 2.55. The summed E-state index contributed by atoms with van der Waals surface area (Å²) in [5.41, 5.74) is 1.08. The average molecular weight is 179 g/mol. The van der Waals surface area contributed by atoms with Crippen LogP contribution in [0, 0.1) is 24.7 Å². The monoisotopic (exact) mass is 179 g/mol. The number of pyridine rings is 1. The highest BCUT2D eigenvalue weighted by molar-refractivity contribution is 5.39. The fraction of sp³-hybridized carbons (Fsp3) is 0.300. The van der Waals surface area contributed by atoms with E-state index in [4.69, 9.17) is 5.11 Å². The zero-order valence-corrected chi connectivity index (χ0v) is 7.34. The fourth-order valence-electron chi connectivity index (χ4n) is 0.859. The van der Waals surface area contributed by atoms with Gasteiger partial charge in [0.15, 0.2) is 0 Å². The van der Waals surface area contributed by atoms with Crippen molar-refractivity contribution in [3.8, 4) is 11.8 Å². The number of halogens is 1. The van der Waals surface area contributed by atoms with E-state index in [1.165, 1.54) is 6.20 Å². The minimum atomic E-state index is -0.490. The molecule has 3 heteroatoms. The molecule has 0 aliphatic heterocycles. The molecule has 0 spiro atoms. The molecule has 0 saturated heterocycles. The van der Waals surface area contributed by atoms with Crippen molar-refractivity contribution in [2.24, 2.45) is 0 Å². The van der Waals surface area contributed by atoms with Crippen LogP contribution in [0.4, 0.5) is 4.39 Å². The van der Waals surface area contributed by atoms with E-state index in [-0.39, 0.29) is 6.61 Å². The van der Waals surface area contributed by atoms with Crippen LogP contribution >= 0.6 is 0 Å². The molecule has 1 N–H and O–H groups in total. The first-order valence-electron chi connectivity index (χ1n) is 3.96. The molecule has 0 amide bonds. The Hall–Kier alpha value is -1.40. The van der Waals surface area contributed by atoms with E-state index in [0.717, 1.165) is 0 Å². The van der Waals surface area contributed by atoms with Gasteiger partial charge in [0.2, 0.25) is 5.95 Å². The highest BCUT2D eigenvalue weighted by Crippen LogP contribution is 2.07. The maximum Gasteiger partial charge on any atom is 0.216 e. The Morgan fingerprint density at radius 3 is 3.08 bits per heavy atom. The molecule has 0 saturated carbocycles. The van der Waals surface area contributed by atoms with Gasteiger partial charge < -0.3 is 5.11 Å². The van der Waals surface area contributed by atoms with Gasteiger partial charge in [-0.05, 0) is 13.0 Å². The summed E-state index contributed by atoms with van der Waals surface area (Å²) in [7, 11) is 0. The number of aliphatic hydroxyl groups excluding tert-OH is 1. The van der Waals surface area contributed by atoms with Gasteiger partial charge in [0, 0.05) is 23.7 Å². The van der Waals surface area contributed by atoms with Crippen LogP contribution in [0.3, 0.4) is 0 Å². The van der Waals surface area contributed by atoms with Crippen molar-refractivity contribution in [1.29, 1.82) is 0 Å². The Morgan fingerprint density at radius 2 is 2.38 bits per heavy atom. The molecule has 68 valence electrons. The molecule has 0 radical (unpaired) electrons. The first-order chi connectivity index (χ1) is 6.25. The molecule has 13 heavy (non-hydrogen) atoms. The third-order valence-electron chi connectivity index (χ3n) is 1.60. The van der Waals surface area contributed by atoms with Crippen molar-refractivity contribution in [2.75, 3.05) is 6.61 Å². The van der Waals surface area contributed by atoms with Crippen LogP contribution in [0.15, 0.2) is 12.3 Å². The van der Waals surface area contributed by atoms with Crippen LogP contribution in [-0.4, -0.2) is 16.7 Å². The van der Waals surface area contributed by atoms with E-state index in [9.17, 15) is 4.39 Å². The van der Waals surface area contributed by atoms with Crippen LogP contribution in [0.25, 0.3) is 0 Å². The summed E-state index contributed by atoms with van der Waals surface area (Å²) in [6.07, 6.45) is 1.79. The van der Waals surface area contributed by atoms with Crippen molar-refractivity contribution in [3.05, 3.63) is 29.3 Å². The Morgan fingerprint density at radius 1 is 1.62 bits per heavy atom. The van der Waals surface area contributed by atoms with E-state index in [0.29, 0.717) is 17.5 Å². The number of hydrogen-bond donors (Lipinski definition) is 1. The molecule has 1 aromatic rings. The van der Waals surface area contributed by atoms with Crippen LogP contribution in [0.5, 0.6) is 0 Å². The largest absolute Gasteiger partial charge is 0.395 e.